The lowest BCUT2D eigenvalue weighted by Crippen LogP contribution is -2.18. The first-order valence-corrected chi connectivity index (χ1v) is 9.21. The minimum atomic E-state index is -0.360. The first kappa shape index (κ1) is 17.2. The maximum absolute atomic E-state index is 13.0. The van der Waals surface area contributed by atoms with Crippen molar-refractivity contribution in [2.75, 3.05) is 5.32 Å². The Morgan fingerprint density at radius 2 is 1.78 bits per heavy atom. The predicted molar refractivity (Wildman–Crippen MR) is 105 cm³/mol. The van der Waals surface area contributed by atoms with Gasteiger partial charge in [-0.3, -0.25) is 9.59 Å². The first-order valence-electron chi connectivity index (χ1n) is 8.33. The maximum Gasteiger partial charge on any atom is 0.244 e. The zero-order valence-electron chi connectivity index (χ0n) is 14.2. The Balaban J connectivity index is 1.63. The Bertz CT molecular complexity index is 1120. The van der Waals surface area contributed by atoms with Crippen LogP contribution < -0.4 is 5.32 Å². The smallest absolute Gasteiger partial charge is 0.244 e. The van der Waals surface area contributed by atoms with E-state index < -0.39 is 0 Å². The molecule has 0 fully saturated rings. The Hall–Kier alpha value is -3.25. The topological polar surface area (TPSA) is 51.1 Å². The van der Waals surface area contributed by atoms with Crippen LogP contribution in [0.15, 0.2) is 72.2 Å². The molecule has 4 rings (SSSR count). The van der Waals surface area contributed by atoms with E-state index in [1.807, 2.05) is 35.7 Å². The lowest BCUT2D eigenvalue weighted by atomic mass is 10.1. The fourth-order valence-corrected chi connectivity index (χ4v) is 3.67. The van der Waals surface area contributed by atoms with Gasteiger partial charge in [-0.2, -0.15) is 0 Å². The summed E-state index contributed by atoms with van der Waals surface area (Å²) >= 11 is 1.39. The highest BCUT2D eigenvalue weighted by molar-refractivity contribution is 7.12. The summed E-state index contributed by atoms with van der Waals surface area (Å²) in [6.45, 7) is 0.0512. The predicted octanol–water partition coefficient (Wildman–Crippen LogP) is 4.71. The molecular formula is C21H15FN2O2S. The molecule has 0 bridgehead atoms. The molecule has 134 valence electrons. The van der Waals surface area contributed by atoms with Crippen LogP contribution in [0.25, 0.3) is 10.9 Å². The molecule has 0 aliphatic heterocycles. The number of halogens is 1. The standard InChI is InChI=1S/C21H15FN2O2S/c22-14-7-9-15(10-8-14)23-20(25)13-24-12-17(16-4-1-2-5-18(16)24)21(26)19-6-3-11-27-19/h1-12H,13H2,(H,23,25). The van der Waals surface area contributed by atoms with Crippen molar-refractivity contribution in [2.24, 2.45) is 0 Å². The van der Waals surface area contributed by atoms with Gasteiger partial charge in [0.25, 0.3) is 0 Å². The zero-order chi connectivity index (χ0) is 18.8. The number of anilines is 1. The van der Waals surface area contributed by atoms with Gasteiger partial charge < -0.3 is 9.88 Å². The van der Waals surface area contributed by atoms with Crippen LogP contribution in [0.5, 0.6) is 0 Å². The highest BCUT2D eigenvalue weighted by Gasteiger charge is 2.18. The van der Waals surface area contributed by atoms with Crippen LogP contribution in [0.4, 0.5) is 10.1 Å². The normalized spacial score (nSPS) is 10.9. The van der Waals surface area contributed by atoms with E-state index in [0.717, 1.165) is 10.9 Å². The van der Waals surface area contributed by atoms with Gasteiger partial charge in [0, 0.05) is 28.4 Å². The second-order valence-electron chi connectivity index (χ2n) is 6.05. The van der Waals surface area contributed by atoms with Crippen molar-refractivity contribution in [3.63, 3.8) is 0 Å². The number of hydrogen-bond acceptors (Lipinski definition) is 3. The third-order valence-corrected chi connectivity index (χ3v) is 5.09. The van der Waals surface area contributed by atoms with Crippen molar-refractivity contribution in [2.45, 2.75) is 6.54 Å². The molecule has 0 aliphatic carbocycles. The second kappa shape index (κ2) is 7.17. The third kappa shape index (κ3) is 3.52. The number of para-hydroxylation sites is 1. The van der Waals surface area contributed by atoms with Crippen LogP contribution in [0.2, 0.25) is 0 Å². The van der Waals surface area contributed by atoms with E-state index in [2.05, 4.69) is 5.32 Å². The maximum atomic E-state index is 13.0. The summed E-state index contributed by atoms with van der Waals surface area (Å²) < 4.78 is 14.8. The van der Waals surface area contributed by atoms with E-state index in [4.69, 9.17) is 0 Å². The summed E-state index contributed by atoms with van der Waals surface area (Å²) in [5.74, 6) is -0.669. The van der Waals surface area contributed by atoms with E-state index in [-0.39, 0.29) is 24.1 Å². The molecule has 0 saturated carbocycles. The Morgan fingerprint density at radius 3 is 2.52 bits per heavy atom. The molecule has 6 heteroatoms. The Morgan fingerprint density at radius 1 is 1.00 bits per heavy atom. The summed E-state index contributed by atoms with van der Waals surface area (Å²) in [7, 11) is 0. The average Bonchev–Trinajstić information content (AvgIpc) is 3.32. The molecule has 0 aliphatic rings. The van der Waals surface area contributed by atoms with Crippen molar-refractivity contribution < 1.29 is 14.0 Å². The third-order valence-electron chi connectivity index (χ3n) is 4.22. The second-order valence-corrected chi connectivity index (χ2v) is 7.00. The number of carbonyl (C=O) groups is 2. The van der Waals surface area contributed by atoms with Crippen molar-refractivity contribution in [1.82, 2.24) is 4.57 Å². The molecule has 1 amide bonds. The van der Waals surface area contributed by atoms with Crippen LogP contribution in [0.3, 0.4) is 0 Å². The molecule has 0 saturated heterocycles. The number of nitrogens with zero attached hydrogens (tertiary/aromatic N) is 1. The molecule has 4 aromatic rings. The summed E-state index contributed by atoms with van der Waals surface area (Å²) in [4.78, 5) is 25.9. The molecule has 0 radical (unpaired) electrons. The highest BCUT2D eigenvalue weighted by atomic mass is 32.1. The number of thiophene rings is 1. The van der Waals surface area contributed by atoms with E-state index in [1.165, 1.54) is 35.6 Å². The number of carbonyl (C=O) groups excluding carboxylic acids is 2. The molecule has 0 spiro atoms. The number of nitrogens with one attached hydrogen (secondary N) is 1. The van der Waals surface area contributed by atoms with Crippen molar-refractivity contribution in [3.8, 4) is 0 Å². The zero-order valence-corrected chi connectivity index (χ0v) is 15.0. The Labute approximate surface area is 158 Å². The number of benzene rings is 2. The average molecular weight is 378 g/mol. The van der Waals surface area contributed by atoms with E-state index in [0.29, 0.717) is 16.1 Å². The largest absolute Gasteiger partial charge is 0.337 e. The monoisotopic (exact) mass is 378 g/mol. The van der Waals surface area contributed by atoms with Crippen LogP contribution in [0.1, 0.15) is 15.2 Å². The van der Waals surface area contributed by atoms with E-state index in [1.54, 1.807) is 16.8 Å². The van der Waals surface area contributed by atoms with Crippen LogP contribution in [-0.2, 0) is 11.3 Å². The van der Waals surface area contributed by atoms with Gasteiger partial charge in [0.15, 0.2) is 0 Å². The summed E-state index contributed by atoms with van der Waals surface area (Å²) in [5.41, 5.74) is 1.90. The van der Waals surface area contributed by atoms with Gasteiger partial charge in [0.2, 0.25) is 11.7 Å². The van der Waals surface area contributed by atoms with Gasteiger partial charge in [-0.15, -0.1) is 11.3 Å². The molecule has 0 unspecified atom stereocenters. The molecule has 2 aromatic heterocycles. The minimum Gasteiger partial charge on any atom is -0.337 e. The van der Waals surface area contributed by atoms with Gasteiger partial charge in [0.1, 0.15) is 12.4 Å². The quantitative estimate of drug-likeness (QED) is 0.511. The molecule has 2 heterocycles. The van der Waals surface area contributed by atoms with Crippen molar-refractivity contribution in [3.05, 3.63) is 88.5 Å². The fraction of sp³-hybridized carbons (Fsp3) is 0.0476. The van der Waals surface area contributed by atoms with Gasteiger partial charge in [-0.1, -0.05) is 24.3 Å². The van der Waals surface area contributed by atoms with Gasteiger partial charge in [-0.05, 0) is 41.8 Å². The molecule has 1 N–H and O–H groups in total. The first-order chi connectivity index (χ1) is 13.1. The number of fused-ring (bicyclic) bond motifs is 1. The van der Waals surface area contributed by atoms with Crippen molar-refractivity contribution >= 4 is 39.6 Å². The fourth-order valence-electron chi connectivity index (χ4n) is 2.99. The summed E-state index contributed by atoms with van der Waals surface area (Å²) in [6, 6.07) is 16.7. The van der Waals surface area contributed by atoms with Gasteiger partial charge in [0.05, 0.1) is 4.88 Å². The number of ketones is 1. The minimum absolute atomic E-state index is 0.0512. The molecule has 27 heavy (non-hydrogen) atoms. The molecular weight excluding hydrogens is 363 g/mol. The van der Waals surface area contributed by atoms with Crippen molar-refractivity contribution in [1.29, 1.82) is 0 Å². The Kier molecular flexibility index (Phi) is 4.56. The number of hydrogen-bond donors (Lipinski definition) is 1. The summed E-state index contributed by atoms with van der Waals surface area (Å²) in [5, 5.41) is 5.41. The van der Waals surface area contributed by atoms with Gasteiger partial charge >= 0.3 is 0 Å². The van der Waals surface area contributed by atoms with Gasteiger partial charge in [-0.25, -0.2) is 4.39 Å². The van der Waals surface area contributed by atoms with E-state index in [9.17, 15) is 14.0 Å². The number of amides is 1. The lowest BCUT2D eigenvalue weighted by molar-refractivity contribution is -0.116. The van der Waals surface area contributed by atoms with Crippen LogP contribution >= 0.6 is 11.3 Å². The van der Waals surface area contributed by atoms with Crippen LogP contribution in [-0.4, -0.2) is 16.3 Å². The number of aromatic nitrogens is 1. The highest BCUT2D eigenvalue weighted by Crippen LogP contribution is 2.25. The summed E-state index contributed by atoms with van der Waals surface area (Å²) in [6.07, 6.45) is 1.72. The molecule has 0 atom stereocenters. The SMILES string of the molecule is O=C(Cn1cc(C(=O)c2cccs2)c2ccccc21)Nc1ccc(F)cc1. The van der Waals surface area contributed by atoms with Crippen LogP contribution in [0, 0.1) is 5.82 Å². The van der Waals surface area contributed by atoms with E-state index >= 15 is 0 Å². The lowest BCUT2D eigenvalue weighted by Gasteiger charge is -2.07. The molecule has 4 nitrogen and oxygen atoms in total. The molecule has 2 aromatic carbocycles. The number of rotatable bonds is 5.